The smallest absolute Gasteiger partial charge is 0.127 e. The van der Waals surface area contributed by atoms with Crippen LogP contribution in [0.15, 0.2) is 78.9 Å². The fraction of sp³-hybridized carbons (Fsp3) is 0.250. The van der Waals surface area contributed by atoms with Gasteiger partial charge in [-0.1, -0.05) is 81.4 Å². The Bertz CT molecular complexity index is 869. The average Bonchev–Trinajstić information content (AvgIpc) is 2.75. The van der Waals surface area contributed by atoms with Crippen LogP contribution in [0, 0.1) is 0 Å². The monoisotopic (exact) mass is 393 g/mol. The predicted octanol–water partition coefficient (Wildman–Crippen LogP) is 4.73. The highest BCUT2D eigenvalue weighted by atomic mass is 31.1. The molecule has 28 heavy (non-hydrogen) atoms. The predicted molar refractivity (Wildman–Crippen MR) is 120 cm³/mol. The maximum atomic E-state index is 10.5. The van der Waals surface area contributed by atoms with Crippen molar-refractivity contribution in [2.45, 2.75) is 26.0 Å². The second-order valence-corrected chi connectivity index (χ2v) is 7.92. The second kappa shape index (κ2) is 10.4. The van der Waals surface area contributed by atoms with Crippen molar-refractivity contribution in [1.29, 1.82) is 0 Å². The zero-order valence-corrected chi connectivity index (χ0v) is 17.4. The summed E-state index contributed by atoms with van der Waals surface area (Å²) in [4.78, 5) is 0. The Hall–Kier alpha value is -2.19. The summed E-state index contributed by atoms with van der Waals surface area (Å²) >= 11 is 0. The van der Waals surface area contributed by atoms with E-state index in [1.807, 2.05) is 62.4 Å². The van der Waals surface area contributed by atoms with E-state index in [4.69, 9.17) is 4.74 Å². The van der Waals surface area contributed by atoms with Gasteiger partial charge < -0.3 is 15.2 Å². The fourth-order valence-corrected chi connectivity index (χ4v) is 4.44. The molecule has 3 atom stereocenters. The lowest BCUT2D eigenvalue weighted by Crippen LogP contribution is -2.32. The molecule has 0 saturated heterocycles. The number of hydrogen-bond donors (Lipinski definition) is 2. The molecule has 4 heteroatoms. The van der Waals surface area contributed by atoms with E-state index in [0.29, 0.717) is 15.2 Å². The van der Waals surface area contributed by atoms with E-state index in [1.165, 1.54) is 10.9 Å². The SMILES string of the molecule is CCOc1ccccc1-c1ccccc1PCN[C@@H](C)[C@H](O)c1ccccc1. The Kier molecular flexibility index (Phi) is 7.62. The van der Waals surface area contributed by atoms with E-state index in [0.717, 1.165) is 23.2 Å². The summed E-state index contributed by atoms with van der Waals surface area (Å²) in [5.74, 6) is 0.920. The Morgan fingerprint density at radius 2 is 1.54 bits per heavy atom. The van der Waals surface area contributed by atoms with Gasteiger partial charge in [-0.2, -0.15) is 0 Å². The van der Waals surface area contributed by atoms with Crippen LogP contribution in [0.1, 0.15) is 25.5 Å². The van der Waals surface area contributed by atoms with Crippen LogP contribution in [0.25, 0.3) is 11.1 Å². The first kappa shape index (κ1) is 20.5. The van der Waals surface area contributed by atoms with Crippen molar-refractivity contribution in [2.24, 2.45) is 0 Å². The molecule has 0 radical (unpaired) electrons. The molecule has 3 rings (SSSR count). The van der Waals surface area contributed by atoms with E-state index in [9.17, 15) is 5.11 Å². The molecule has 0 spiro atoms. The van der Waals surface area contributed by atoms with Gasteiger partial charge in [-0.3, -0.25) is 0 Å². The standard InChI is InChI=1S/C24H28NO2P/c1-3-27-22-15-9-7-13-20(22)21-14-8-10-16-23(21)28-17-25-18(2)24(26)19-11-5-4-6-12-19/h4-16,18,24-26,28H,3,17H2,1-2H3/t18-,24-/m0/s1. The van der Waals surface area contributed by atoms with Crippen LogP contribution in [-0.4, -0.2) is 24.0 Å². The van der Waals surface area contributed by atoms with Crippen LogP contribution in [0.3, 0.4) is 0 Å². The van der Waals surface area contributed by atoms with Crippen molar-refractivity contribution in [3.63, 3.8) is 0 Å². The van der Waals surface area contributed by atoms with E-state index in [2.05, 4.69) is 35.6 Å². The van der Waals surface area contributed by atoms with Crippen LogP contribution < -0.4 is 15.4 Å². The second-order valence-electron chi connectivity index (χ2n) is 6.68. The quantitative estimate of drug-likeness (QED) is 0.517. The largest absolute Gasteiger partial charge is 0.493 e. The van der Waals surface area contributed by atoms with Crippen molar-refractivity contribution in [3.8, 4) is 16.9 Å². The molecule has 0 aliphatic rings. The molecule has 3 aromatic rings. The van der Waals surface area contributed by atoms with Crippen LogP contribution in [0.4, 0.5) is 0 Å². The number of ether oxygens (including phenoxy) is 1. The third-order valence-electron chi connectivity index (χ3n) is 4.72. The summed E-state index contributed by atoms with van der Waals surface area (Å²) in [6.07, 6.45) is 0.304. The molecule has 0 aliphatic heterocycles. The summed E-state index contributed by atoms with van der Waals surface area (Å²) in [7, 11) is 0.593. The molecule has 0 amide bonds. The van der Waals surface area contributed by atoms with Crippen LogP contribution >= 0.6 is 8.58 Å². The van der Waals surface area contributed by atoms with Crippen molar-refractivity contribution in [2.75, 3.05) is 12.9 Å². The number of para-hydroxylation sites is 1. The van der Waals surface area contributed by atoms with Crippen molar-refractivity contribution in [1.82, 2.24) is 5.32 Å². The van der Waals surface area contributed by atoms with Gasteiger partial charge in [0.1, 0.15) is 5.75 Å². The molecular weight excluding hydrogens is 365 g/mol. The minimum absolute atomic E-state index is 0.0160. The molecule has 3 nitrogen and oxygen atoms in total. The van der Waals surface area contributed by atoms with Gasteiger partial charge in [-0.25, -0.2) is 0 Å². The van der Waals surface area contributed by atoms with E-state index in [-0.39, 0.29) is 6.04 Å². The van der Waals surface area contributed by atoms with Gasteiger partial charge in [-0.15, -0.1) is 0 Å². The van der Waals surface area contributed by atoms with Gasteiger partial charge in [0.2, 0.25) is 0 Å². The fourth-order valence-electron chi connectivity index (χ4n) is 3.20. The molecule has 0 saturated carbocycles. The van der Waals surface area contributed by atoms with Crippen molar-refractivity contribution < 1.29 is 9.84 Å². The zero-order valence-electron chi connectivity index (χ0n) is 16.4. The van der Waals surface area contributed by atoms with Gasteiger partial charge in [-0.05, 0) is 36.3 Å². The van der Waals surface area contributed by atoms with E-state index >= 15 is 0 Å². The van der Waals surface area contributed by atoms with Crippen molar-refractivity contribution in [3.05, 3.63) is 84.4 Å². The van der Waals surface area contributed by atoms with Crippen LogP contribution in [-0.2, 0) is 0 Å². The maximum absolute atomic E-state index is 10.5. The lowest BCUT2D eigenvalue weighted by molar-refractivity contribution is 0.139. The normalized spacial score (nSPS) is 13.5. The highest BCUT2D eigenvalue weighted by molar-refractivity contribution is 7.47. The first-order valence-corrected chi connectivity index (χ1v) is 10.9. The molecule has 0 bridgehead atoms. The summed E-state index contributed by atoms with van der Waals surface area (Å²) < 4.78 is 5.82. The third-order valence-corrected chi connectivity index (χ3v) is 5.92. The third kappa shape index (κ3) is 5.20. The topological polar surface area (TPSA) is 41.5 Å². The van der Waals surface area contributed by atoms with Gasteiger partial charge in [0.05, 0.1) is 12.7 Å². The molecule has 1 unspecified atom stereocenters. The summed E-state index contributed by atoms with van der Waals surface area (Å²) in [5, 5.41) is 15.3. The Labute approximate surface area is 169 Å². The van der Waals surface area contributed by atoms with E-state index < -0.39 is 6.10 Å². The van der Waals surface area contributed by atoms with Crippen molar-refractivity contribution >= 4 is 13.9 Å². The summed E-state index contributed by atoms with van der Waals surface area (Å²) in [6.45, 7) is 4.68. The molecule has 2 N–H and O–H groups in total. The highest BCUT2D eigenvalue weighted by Crippen LogP contribution is 2.31. The van der Waals surface area contributed by atoms with Gasteiger partial charge in [0, 0.05) is 17.9 Å². The van der Waals surface area contributed by atoms with Crippen LogP contribution in [0.2, 0.25) is 0 Å². The zero-order chi connectivity index (χ0) is 19.8. The molecule has 0 aromatic heterocycles. The average molecular weight is 393 g/mol. The number of hydrogen-bond acceptors (Lipinski definition) is 3. The number of benzene rings is 3. The minimum atomic E-state index is -0.514. The van der Waals surface area contributed by atoms with Gasteiger partial charge in [0.15, 0.2) is 0 Å². The Balaban J connectivity index is 1.68. The number of rotatable bonds is 9. The number of aliphatic hydroxyl groups excluding tert-OH is 1. The molecule has 0 fully saturated rings. The molecule has 146 valence electrons. The lowest BCUT2D eigenvalue weighted by atomic mass is 10.0. The first-order valence-electron chi connectivity index (χ1n) is 9.72. The summed E-state index contributed by atoms with van der Waals surface area (Å²) in [6, 6.07) is 26.5. The van der Waals surface area contributed by atoms with Gasteiger partial charge >= 0.3 is 0 Å². The molecule has 3 aromatic carbocycles. The number of nitrogens with one attached hydrogen (secondary N) is 1. The minimum Gasteiger partial charge on any atom is -0.493 e. The van der Waals surface area contributed by atoms with Gasteiger partial charge in [0.25, 0.3) is 0 Å². The number of aliphatic hydroxyl groups is 1. The van der Waals surface area contributed by atoms with Crippen LogP contribution in [0.5, 0.6) is 5.75 Å². The molecule has 0 heterocycles. The first-order chi connectivity index (χ1) is 13.7. The Morgan fingerprint density at radius 1 is 0.893 bits per heavy atom. The lowest BCUT2D eigenvalue weighted by Gasteiger charge is -2.21. The van der Waals surface area contributed by atoms with E-state index in [1.54, 1.807) is 0 Å². The highest BCUT2D eigenvalue weighted by Gasteiger charge is 2.16. The molecule has 0 aliphatic carbocycles. The maximum Gasteiger partial charge on any atom is 0.127 e. The molecular formula is C24H28NO2P. The Morgan fingerprint density at radius 3 is 2.29 bits per heavy atom. The summed E-state index contributed by atoms with van der Waals surface area (Å²) in [5.41, 5.74) is 3.28.